The SMILES string of the molecule is CC(C)(O)c1nc(C(F)F)c(C(=O)N2CCc3nc[nH]c3[C@H]2c2cc3c(C(F)(F)F)cccn3n2)o1. The maximum Gasteiger partial charge on any atom is 0.418 e. The second kappa shape index (κ2) is 8.11. The van der Waals surface area contributed by atoms with Gasteiger partial charge in [-0.1, -0.05) is 0 Å². The van der Waals surface area contributed by atoms with E-state index in [9.17, 15) is 31.9 Å². The molecule has 0 bridgehead atoms. The third-order valence-corrected chi connectivity index (χ3v) is 5.87. The number of aromatic amines is 1. The number of halogens is 5. The van der Waals surface area contributed by atoms with E-state index < -0.39 is 53.1 Å². The van der Waals surface area contributed by atoms with E-state index in [0.717, 1.165) is 15.5 Å². The summed E-state index contributed by atoms with van der Waals surface area (Å²) in [5.41, 5.74) is -2.85. The van der Waals surface area contributed by atoms with Crippen LogP contribution in [0.2, 0.25) is 0 Å². The number of H-pyrrole nitrogens is 1. The van der Waals surface area contributed by atoms with Gasteiger partial charge in [-0.2, -0.15) is 18.3 Å². The Bertz CT molecular complexity index is 1450. The molecule has 0 saturated heterocycles. The van der Waals surface area contributed by atoms with E-state index in [2.05, 4.69) is 20.1 Å². The summed E-state index contributed by atoms with van der Waals surface area (Å²) in [5.74, 6) is -2.22. The number of hydrogen-bond acceptors (Lipinski definition) is 6. The summed E-state index contributed by atoms with van der Waals surface area (Å²) >= 11 is 0. The number of alkyl halides is 5. The number of amides is 1. The molecule has 1 aliphatic heterocycles. The van der Waals surface area contributed by atoms with E-state index >= 15 is 0 Å². The first kappa shape index (κ1) is 23.9. The van der Waals surface area contributed by atoms with Crippen LogP contribution in [-0.2, 0) is 18.2 Å². The second-order valence-corrected chi connectivity index (χ2v) is 8.83. The molecule has 36 heavy (non-hydrogen) atoms. The zero-order valence-electron chi connectivity index (χ0n) is 18.8. The lowest BCUT2D eigenvalue weighted by Gasteiger charge is -2.33. The lowest BCUT2D eigenvalue weighted by atomic mass is 9.99. The van der Waals surface area contributed by atoms with Gasteiger partial charge in [0.25, 0.3) is 12.3 Å². The van der Waals surface area contributed by atoms with Crippen molar-refractivity contribution in [2.75, 3.05) is 6.54 Å². The number of oxazole rings is 1. The average Bonchev–Trinajstić information content (AvgIpc) is 3.53. The molecule has 5 rings (SSSR count). The van der Waals surface area contributed by atoms with Crippen LogP contribution in [-0.4, -0.2) is 47.0 Å². The van der Waals surface area contributed by atoms with Crippen LogP contribution in [0.1, 0.15) is 71.1 Å². The number of carbonyl (C=O) groups excluding carboxylic acids is 1. The predicted octanol–water partition coefficient (Wildman–Crippen LogP) is 4.02. The van der Waals surface area contributed by atoms with Gasteiger partial charge in [-0.3, -0.25) is 4.79 Å². The first-order valence-corrected chi connectivity index (χ1v) is 10.8. The molecule has 0 unspecified atom stereocenters. The number of rotatable bonds is 4. The number of pyridine rings is 1. The summed E-state index contributed by atoms with van der Waals surface area (Å²) in [6, 6.07) is 2.22. The zero-order valence-corrected chi connectivity index (χ0v) is 18.8. The number of aliphatic hydroxyl groups is 1. The lowest BCUT2D eigenvalue weighted by molar-refractivity contribution is -0.136. The topological polar surface area (TPSA) is 113 Å². The predicted molar refractivity (Wildman–Crippen MR) is 112 cm³/mol. The number of hydrogen-bond donors (Lipinski definition) is 2. The second-order valence-electron chi connectivity index (χ2n) is 8.83. The fraction of sp³-hybridized carbons (Fsp3) is 0.364. The molecular weight excluding hydrogens is 491 g/mol. The van der Waals surface area contributed by atoms with E-state index in [1.54, 1.807) is 0 Å². The van der Waals surface area contributed by atoms with Crippen molar-refractivity contribution in [2.24, 2.45) is 0 Å². The lowest BCUT2D eigenvalue weighted by Crippen LogP contribution is -2.41. The molecule has 0 spiro atoms. The minimum absolute atomic E-state index is 0.0113. The molecule has 1 aliphatic rings. The molecule has 1 amide bonds. The van der Waals surface area contributed by atoms with Crippen molar-refractivity contribution in [1.82, 2.24) is 29.5 Å². The summed E-state index contributed by atoms with van der Waals surface area (Å²) < 4.78 is 74.5. The number of carbonyl (C=O) groups is 1. The quantitative estimate of drug-likeness (QED) is 0.401. The molecule has 190 valence electrons. The van der Waals surface area contributed by atoms with Gasteiger partial charge in [-0.15, -0.1) is 0 Å². The highest BCUT2D eigenvalue weighted by atomic mass is 19.4. The number of nitrogens with zero attached hydrogens (tertiary/aromatic N) is 5. The van der Waals surface area contributed by atoms with Gasteiger partial charge < -0.3 is 19.4 Å². The maximum absolute atomic E-state index is 13.7. The number of nitrogens with one attached hydrogen (secondary N) is 1. The highest BCUT2D eigenvalue weighted by molar-refractivity contribution is 5.93. The van der Waals surface area contributed by atoms with E-state index in [-0.39, 0.29) is 24.2 Å². The summed E-state index contributed by atoms with van der Waals surface area (Å²) in [7, 11) is 0. The summed E-state index contributed by atoms with van der Waals surface area (Å²) in [5, 5.41) is 14.4. The first-order valence-electron chi connectivity index (χ1n) is 10.8. The van der Waals surface area contributed by atoms with E-state index in [4.69, 9.17) is 4.42 Å². The van der Waals surface area contributed by atoms with Crippen molar-refractivity contribution in [2.45, 2.75) is 44.5 Å². The van der Waals surface area contributed by atoms with Gasteiger partial charge in [-0.05, 0) is 32.0 Å². The third-order valence-electron chi connectivity index (χ3n) is 5.87. The van der Waals surface area contributed by atoms with Gasteiger partial charge >= 0.3 is 6.18 Å². The highest BCUT2D eigenvalue weighted by Gasteiger charge is 2.41. The van der Waals surface area contributed by atoms with Gasteiger partial charge in [0, 0.05) is 19.2 Å². The molecule has 1 atom stereocenters. The van der Waals surface area contributed by atoms with Crippen molar-refractivity contribution in [3.8, 4) is 0 Å². The van der Waals surface area contributed by atoms with E-state index in [1.807, 2.05) is 0 Å². The fourth-order valence-electron chi connectivity index (χ4n) is 4.24. The fourth-order valence-corrected chi connectivity index (χ4v) is 4.24. The van der Waals surface area contributed by atoms with Gasteiger partial charge in [0.2, 0.25) is 11.7 Å². The normalized spacial score (nSPS) is 16.7. The number of fused-ring (bicyclic) bond motifs is 2. The van der Waals surface area contributed by atoms with Crippen LogP contribution in [0.25, 0.3) is 5.52 Å². The van der Waals surface area contributed by atoms with Crippen LogP contribution in [0.15, 0.2) is 35.1 Å². The van der Waals surface area contributed by atoms with Crippen molar-refractivity contribution in [3.63, 3.8) is 0 Å². The third kappa shape index (κ3) is 3.90. The first-order chi connectivity index (χ1) is 16.9. The molecule has 0 saturated carbocycles. The van der Waals surface area contributed by atoms with Gasteiger partial charge in [0.15, 0.2) is 5.69 Å². The Morgan fingerprint density at radius 3 is 2.72 bits per heavy atom. The molecule has 0 radical (unpaired) electrons. The Kier molecular flexibility index (Phi) is 5.39. The Balaban J connectivity index is 1.64. The Hall–Kier alpha value is -3.81. The van der Waals surface area contributed by atoms with Gasteiger partial charge in [0.1, 0.15) is 11.6 Å². The number of aromatic nitrogens is 5. The van der Waals surface area contributed by atoms with E-state index in [0.29, 0.717) is 11.4 Å². The monoisotopic (exact) mass is 510 g/mol. The molecule has 0 fully saturated rings. The molecule has 0 aliphatic carbocycles. The molecule has 4 aromatic heterocycles. The van der Waals surface area contributed by atoms with E-state index in [1.165, 1.54) is 38.5 Å². The zero-order chi connectivity index (χ0) is 26.0. The molecule has 2 N–H and O–H groups in total. The average molecular weight is 510 g/mol. The Morgan fingerprint density at radius 1 is 1.31 bits per heavy atom. The van der Waals surface area contributed by atoms with Crippen LogP contribution >= 0.6 is 0 Å². The minimum atomic E-state index is -4.65. The van der Waals surface area contributed by atoms with Crippen molar-refractivity contribution in [3.05, 3.63) is 70.7 Å². The Labute approximate surface area is 199 Å². The standard InChI is InChI=1S/C22H19F5N6O3/c1-21(2,35)20-30-15(18(23)24)17(36-20)19(34)32-7-5-11-14(29-9-28-11)16(32)12-8-13-10(22(25,26)27)4-3-6-33(13)31-12/h3-4,6,8-9,16,18,35H,5,7H2,1-2H3,(H,28,29)/t16-/m1/s1. The smallest absolute Gasteiger partial charge is 0.418 e. The van der Waals surface area contributed by atoms with Crippen LogP contribution in [0.3, 0.4) is 0 Å². The molecule has 9 nitrogen and oxygen atoms in total. The van der Waals surface area contributed by atoms with Crippen LogP contribution in [0.4, 0.5) is 22.0 Å². The molecular formula is C22H19F5N6O3. The van der Waals surface area contributed by atoms with Crippen molar-refractivity contribution < 1.29 is 36.3 Å². The summed E-state index contributed by atoms with van der Waals surface area (Å²) in [4.78, 5) is 25.4. The van der Waals surface area contributed by atoms with Crippen LogP contribution < -0.4 is 0 Å². The molecule has 0 aromatic carbocycles. The molecule has 5 heterocycles. The summed E-state index contributed by atoms with van der Waals surface area (Å²) in [6.07, 6.45) is -4.88. The van der Waals surface area contributed by atoms with Crippen molar-refractivity contribution in [1.29, 1.82) is 0 Å². The van der Waals surface area contributed by atoms with Gasteiger partial charge in [-0.25, -0.2) is 23.3 Å². The summed E-state index contributed by atoms with van der Waals surface area (Å²) in [6.45, 7) is 2.51. The minimum Gasteiger partial charge on any atom is -0.432 e. The molecule has 14 heteroatoms. The van der Waals surface area contributed by atoms with Gasteiger partial charge in [0.05, 0.1) is 34.5 Å². The van der Waals surface area contributed by atoms with Crippen LogP contribution in [0, 0.1) is 0 Å². The maximum atomic E-state index is 13.7. The largest absolute Gasteiger partial charge is 0.432 e. The highest BCUT2D eigenvalue weighted by Crippen LogP contribution is 2.38. The molecule has 4 aromatic rings. The number of imidazole rings is 1. The van der Waals surface area contributed by atoms with Crippen LogP contribution in [0.5, 0.6) is 0 Å². The van der Waals surface area contributed by atoms with Crippen molar-refractivity contribution >= 4 is 11.4 Å². The Morgan fingerprint density at radius 2 is 2.06 bits per heavy atom.